The van der Waals surface area contributed by atoms with Gasteiger partial charge in [0.2, 0.25) is 0 Å². The molecule has 6 heteroatoms. The number of nitriles is 1. The fourth-order valence-corrected chi connectivity index (χ4v) is 3.90. The Balaban J connectivity index is 2.14. The predicted octanol–water partition coefficient (Wildman–Crippen LogP) is 2.94. The number of pyridine rings is 2. The lowest BCUT2D eigenvalue weighted by Gasteiger charge is -2.31. The topological polar surface area (TPSA) is 78.9 Å². The van der Waals surface area contributed by atoms with Crippen LogP contribution >= 0.6 is 11.8 Å². The minimum Gasteiger partial charge on any atom is -0.387 e. The fourth-order valence-electron chi connectivity index (χ4n) is 2.84. The zero-order valence-electron chi connectivity index (χ0n) is 14.8. The number of hydrogen-bond donors (Lipinski definition) is 1. The van der Waals surface area contributed by atoms with E-state index in [0.717, 1.165) is 16.3 Å². The highest BCUT2D eigenvalue weighted by molar-refractivity contribution is 7.99. The van der Waals surface area contributed by atoms with E-state index < -0.39 is 5.60 Å². The summed E-state index contributed by atoms with van der Waals surface area (Å²) in [6.45, 7) is 8.16. The highest BCUT2D eigenvalue weighted by atomic mass is 32.2. The van der Waals surface area contributed by atoms with Crippen LogP contribution in [0, 0.1) is 11.3 Å². The zero-order chi connectivity index (χ0) is 18.4. The number of fused-ring (bicyclic) bond motifs is 1. The molecule has 0 spiro atoms. The number of aromatic nitrogens is 2. The van der Waals surface area contributed by atoms with E-state index >= 15 is 0 Å². The van der Waals surface area contributed by atoms with Crippen molar-refractivity contribution in [3.05, 3.63) is 46.0 Å². The van der Waals surface area contributed by atoms with E-state index in [1.165, 1.54) is 16.3 Å². The number of thioether (sulfide) groups is 1. The lowest BCUT2D eigenvalue weighted by atomic mass is 9.91. The summed E-state index contributed by atoms with van der Waals surface area (Å²) in [6, 6.07) is 7.73. The first-order chi connectivity index (χ1) is 11.6. The van der Waals surface area contributed by atoms with Gasteiger partial charge >= 0.3 is 0 Å². The Bertz CT molecular complexity index is 916. The molecule has 1 aliphatic rings. The third-order valence-electron chi connectivity index (χ3n) is 4.25. The van der Waals surface area contributed by atoms with Crippen molar-refractivity contribution < 1.29 is 5.11 Å². The molecule has 25 heavy (non-hydrogen) atoms. The van der Waals surface area contributed by atoms with Gasteiger partial charge in [-0.2, -0.15) is 5.26 Å². The summed E-state index contributed by atoms with van der Waals surface area (Å²) in [7, 11) is 0. The van der Waals surface area contributed by atoms with E-state index in [2.05, 4.69) is 25.8 Å². The predicted molar refractivity (Wildman–Crippen MR) is 98.7 cm³/mol. The van der Waals surface area contributed by atoms with Crippen LogP contribution in [0.25, 0.3) is 11.1 Å². The van der Waals surface area contributed by atoms with Crippen LogP contribution in [-0.4, -0.2) is 26.0 Å². The van der Waals surface area contributed by atoms with Crippen LogP contribution in [0.3, 0.4) is 0 Å². The number of hydrogen-bond acceptors (Lipinski definition) is 5. The quantitative estimate of drug-likeness (QED) is 0.851. The summed E-state index contributed by atoms with van der Waals surface area (Å²) in [4.78, 5) is 17.2. The lowest BCUT2D eigenvalue weighted by Crippen LogP contribution is -2.42. The molecule has 3 heterocycles. The van der Waals surface area contributed by atoms with Gasteiger partial charge in [0.25, 0.3) is 5.56 Å². The molecule has 0 saturated heterocycles. The van der Waals surface area contributed by atoms with Gasteiger partial charge < -0.3 is 5.11 Å². The molecule has 2 aromatic heterocycles. The maximum Gasteiger partial charge on any atom is 0.270 e. The summed E-state index contributed by atoms with van der Waals surface area (Å²) >= 11 is 1.43. The molecule has 3 rings (SSSR count). The third kappa shape index (κ3) is 3.35. The van der Waals surface area contributed by atoms with E-state index in [1.54, 1.807) is 13.1 Å². The fraction of sp³-hybridized carbons (Fsp3) is 0.421. The van der Waals surface area contributed by atoms with Crippen LogP contribution in [-0.2, 0) is 12.0 Å². The second kappa shape index (κ2) is 6.01. The molecular weight excluding hydrogens is 334 g/mol. The molecule has 0 saturated carbocycles. The van der Waals surface area contributed by atoms with Crippen molar-refractivity contribution in [3.8, 4) is 17.2 Å². The van der Waals surface area contributed by atoms with Crippen LogP contribution in [0.2, 0.25) is 0 Å². The number of nitrogens with zero attached hydrogens (tertiary/aromatic N) is 3. The third-order valence-corrected chi connectivity index (χ3v) is 5.65. The van der Waals surface area contributed by atoms with Gasteiger partial charge in [0.1, 0.15) is 11.6 Å². The van der Waals surface area contributed by atoms with E-state index in [-0.39, 0.29) is 23.1 Å². The normalized spacial score (nSPS) is 20.0. The number of rotatable bonds is 1. The van der Waals surface area contributed by atoms with Crippen molar-refractivity contribution in [2.24, 2.45) is 0 Å². The smallest absolute Gasteiger partial charge is 0.270 e. The Morgan fingerprint density at radius 3 is 2.68 bits per heavy atom. The van der Waals surface area contributed by atoms with Gasteiger partial charge in [0.15, 0.2) is 0 Å². The first-order valence-corrected chi connectivity index (χ1v) is 9.11. The summed E-state index contributed by atoms with van der Waals surface area (Å²) in [5.74, 6) is 0.513. The van der Waals surface area contributed by atoms with Gasteiger partial charge in [-0.25, -0.2) is 0 Å². The van der Waals surface area contributed by atoms with Crippen LogP contribution in [0.4, 0.5) is 0 Å². The molecule has 0 unspecified atom stereocenters. The lowest BCUT2D eigenvalue weighted by molar-refractivity contribution is 0.0590. The molecule has 0 fully saturated rings. The van der Waals surface area contributed by atoms with E-state index in [0.29, 0.717) is 11.3 Å². The maximum atomic E-state index is 12.7. The van der Waals surface area contributed by atoms with Crippen molar-refractivity contribution in [1.82, 2.24) is 9.55 Å². The Morgan fingerprint density at radius 1 is 1.40 bits per heavy atom. The Labute approximate surface area is 151 Å². The molecular formula is C19H21N3O2S. The first kappa shape index (κ1) is 17.7. The van der Waals surface area contributed by atoms with E-state index in [1.807, 2.05) is 24.3 Å². The van der Waals surface area contributed by atoms with E-state index in [4.69, 9.17) is 0 Å². The summed E-state index contributed by atoms with van der Waals surface area (Å²) in [5.41, 5.74) is 1.02. The molecule has 0 radical (unpaired) electrons. The molecule has 1 N–H and O–H groups in total. The molecule has 0 aromatic carbocycles. The molecule has 1 atom stereocenters. The molecule has 0 bridgehead atoms. The minimum absolute atomic E-state index is 0.0621. The molecule has 5 nitrogen and oxygen atoms in total. The maximum absolute atomic E-state index is 12.7. The van der Waals surface area contributed by atoms with Crippen LogP contribution in [0.15, 0.2) is 34.2 Å². The molecule has 0 aliphatic carbocycles. The van der Waals surface area contributed by atoms with Gasteiger partial charge in [-0.1, -0.05) is 26.8 Å². The van der Waals surface area contributed by atoms with Gasteiger partial charge in [-0.3, -0.25) is 14.3 Å². The minimum atomic E-state index is -0.953. The average molecular weight is 355 g/mol. The van der Waals surface area contributed by atoms with Crippen molar-refractivity contribution in [1.29, 1.82) is 5.26 Å². The standard InChI is InChI=1S/C19H21N3O2S/c1-18(2,3)15-6-5-12(9-21-15)13-7-16-22(17(23)14(13)8-20)10-19(4,24)11-25-16/h5-7,9,24H,10-11H2,1-4H3/t19-/m1/s1. The van der Waals surface area contributed by atoms with Gasteiger partial charge in [0.05, 0.1) is 17.2 Å². The highest BCUT2D eigenvalue weighted by Gasteiger charge is 2.30. The highest BCUT2D eigenvalue weighted by Crippen LogP contribution is 2.33. The van der Waals surface area contributed by atoms with Crippen LogP contribution in [0.1, 0.15) is 39.0 Å². The molecule has 2 aromatic rings. The average Bonchev–Trinajstić information content (AvgIpc) is 2.54. The summed E-state index contributed by atoms with van der Waals surface area (Å²) < 4.78 is 1.49. The van der Waals surface area contributed by atoms with Crippen molar-refractivity contribution in [3.63, 3.8) is 0 Å². The zero-order valence-corrected chi connectivity index (χ0v) is 15.6. The second-order valence-electron chi connectivity index (χ2n) is 7.74. The largest absolute Gasteiger partial charge is 0.387 e. The Hall–Kier alpha value is -2.10. The second-order valence-corrected chi connectivity index (χ2v) is 8.74. The summed E-state index contributed by atoms with van der Waals surface area (Å²) in [6.07, 6.45) is 1.72. The monoisotopic (exact) mass is 355 g/mol. The SMILES string of the molecule is CC(C)(C)c1ccc(-c2cc3n(c(=O)c2C#N)C[C@@](C)(O)CS3)cn1. The Kier molecular flexibility index (Phi) is 4.26. The van der Waals surface area contributed by atoms with Gasteiger partial charge in [-0.05, 0) is 19.1 Å². The summed E-state index contributed by atoms with van der Waals surface area (Å²) in [5, 5.41) is 20.5. The van der Waals surface area contributed by atoms with Gasteiger partial charge in [-0.15, -0.1) is 11.8 Å². The van der Waals surface area contributed by atoms with Crippen molar-refractivity contribution in [2.75, 3.05) is 5.75 Å². The van der Waals surface area contributed by atoms with Gasteiger partial charge in [0, 0.05) is 34.2 Å². The molecule has 0 amide bonds. The van der Waals surface area contributed by atoms with Crippen molar-refractivity contribution >= 4 is 11.8 Å². The number of aliphatic hydroxyl groups is 1. The van der Waals surface area contributed by atoms with Crippen LogP contribution < -0.4 is 5.56 Å². The van der Waals surface area contributed by atoms with Crippen LogP contribution in [0.5, 0.6) is 0 Å². The first-order valence-electron chi connectivity index (χ1n) is 8.12. The molecule has 1 aliphatic heterocycles. The van der Waals surface area contributed by atoms with Crippen molar-refractivity contribution in [2.45, 2.75) is 50.3 Å². The van der Waals surface area contributed by atoms with E-state index in [9.17, 15) is 15.2 Å². The molecule has 130 valence electrons. The Morgan fingerprint density at radius 2 is 2.12 bits per heavy atom.